The lowest BCUT2D eigenvalue weighted by atomic mass is 9.86. The van der Waals surface area contributed by atoms with Gasteiger partial charge in [-0.25, -0.2) is 0 Å². The fourth-order valence-corrected chi connectivity index (χ4v) is 11.0. The van der Waals surface area contributed by atoms with Crippen LogP contribution in [0.25, 0.3) is 94.0 Å². The molecular weight excluding hydrogens is 751 g/mol. The monoisotopic (exact) mass is 791 g/mol. The van der Waals surface area contributed by atoms with Gasteiger partial charge in [-0.1, -0.05) is 152 Å². The molecule has 3 heteroatoms. The number of para-hydroxylation sites is 5. The van der Waals surface area contributed by atoms with Crippen molar-refractivity contribution in [3.63, 3.8) is 0 Å². The average molecular weight is 792 g/mol. The number of aromatic nitrogens is 3. The molecule has 0 N–H and O–H groups in total. The average Bonchev–Trinajstić information content (AvgIpc) is 3.94. The van der Waals surface area contributed by atoms with Gasteiger partial charge in [0.05, 0.1) is 33.3 Å². The lowest BCUT2D eigenvalue weighted by Crippen LogP contribution is -2.05. The molecule has 12 aromatic rings. The van der Waals surface area contributed by atoms with Crippen LogP contribution in [0, 0.1) is 0 Å². The molecule has 13 rings (SSSR count). The third-order valence-electron chi connectivity index (χ3n) is 13.5. The predicted octanol–water partition coefficient (Wildman–Crippen LogP) is 15.2. The molecule has 0 saturated carbocycles. The Kier molecular flexibility index (Phi) is 7.80. The molecule has 3 aromatic heterocycles. The van der Waals surface area contributed by atoms with Gasteiger partial charge >= 0.3 is 0 Å². The number of hydrogen-bond acceptors (Lipinski definition) is 0. The highest BCUT2D eigenvalue weighted by atomic mass is 15.0. The Morgan fingerprint density at radius 1 is 0.339 bits per heavy atom. The van der Waals surface area contributed by atoms with Gasteiger partial charge in [0.1, 0.15) is 0 Å². The quantitative estimate of drug-likeness (QED) is 0.165. The summed E-state index contributed by atoms with van der Waals surface area (Å²) in [5.41, 5.74) is 18.8. The molecule has 0 bridgehead atoms. The van der Waals surface area contributed by atoms with E-state index in [1.54, 1.807) is 0 Å². The maximum atomic E-state index is 2.52. The Morgan fingerprint density at radius 2 is 0.806 bits per heavy atom. The smallest absolute Gasteiger partial charge is 0.0576 e. The number of hydrogen-bond donors (Lipinski definition) is 0. The number of fused-ring (bicyclic) bond motifs is 11. The van der Waals surface area contributed by atoms with E-state index in [9.17, 15) is 0 Å². The van der Waals surface area contributed by atoms with Gasteiger partial charge in [-0.05, 0) is 107 Å². The predicted molar refractivity (Wildman–Crippen MR) is 259 cm³/mol. The van der Waals surface area contributed by atoms with E-state index in [1.807, 2.05) is 0 Å². The lowest BCUT2D eigenvalue weighted by Gasteiger charge is -2.21. The summed E-state index contributed by atoms with van der Waals surface area (Å²) >= 11 is 0. The SMILES string of the molecule is c1ccc(C2CCc3c(n(-c4ccccc4)c4ccccc34)-c3cc(-n4c5ccccc5c5c(-c6cccc7c6c6ccccc6n7-c6ccccc6)cccc54)ccc32)cc1. The number of nitrogens with zero attached hydrogens (tertiary/aromatic N) is 3. The van der Waals surface area contributed by atoms with E-state index >= 15 is 0 Å². The molecule has 3 heterocycles. The van der Waals surface area contributed by atoms with Crippen molar-refractivity contribution < 1.29 is 0 Å². The van der Waals surface area contributed by atoms with Gasteiger partial charge in [-0.3, -0.25) is 0 Å². The molecule has 0 amide bonds. The molecule has 3 nitrogen and oxygen atoms in total. The summed E-state index contributed by atoms with van der Waals surface area (Å²) in [5, 5.41) is 6.38. The second-order valence-electron chi connectivity index (χ2n) is 16.7. The van der Waals surface area contributed by atoms with Crippen LogP contribution in [0.4, 0.5) is 0 Å². The van der Waals surface area contributed by atoms with Crippen molar-refractivity contribution in [3.05, 3.63) is 235 Å². The molecule has 1 aliphatic carbocycles. The first-order valence-corrected chi connectivity index (χ1v) is 21.8. The Bertz CT molecular complexity index is 3680. The largest absolute Gasteiger partial charge is 0.309 e. The van der Waals surface area contributed by atoms with Crippen molar-refractivity contribution in [1.82, 2.24) is 13.7 Å². The van der Waals surface area contributed by atoms with Crippen LogP contribution < -0.4 is 0 Å². The number of rotatable bonds is 5. The van der Waals surface area contributed by atoms with Gasteiger partial charge in [0.25, 0.3) is 0 Å². The first-order valence-electron chi connectivity index (χ1n) is 21.8. The molecule has 292 valence electrons. The molecule has 0 aliphatic heterocycles. The zero-order valence-electron chi connectivity index (χ0n) is 34.1. The van der Waals surface area contributed by atoms with Crippen LogP contribution in [0.3, 0.4) is 0 Å². The molecule has 0 fully saturated rings. The zero-order chi connectivity index (χ0) is 40.7. The van der Waals surface area contributed by atoms with Crippen molar-refractivity contribution in [1.29, 1.82) is 0 Å². The van der Waals surface area contributed by atoms with Crippen LogP contribution >= 0.6 is 0 Å². The van der Waals surface area contributed by atoms with Gasteiger partial charge in [0.15, 0.2) is 0 Å². The minimum absolute atomic E-state index is 0.263. The summed E-state index contributed by atoms with van der Waals surface area (Å²) < 4.78 is 7.45. The maximum Gasteiger partial charge on any atom is 0.0576 e. The second kappa shape index (κ2) is 13.8. The molecule has 1 aliphatic rings. The van der Waals surface area contributed by atoms with E-state index < -0.39 is 0 Å². The molecule has 9 aromatic carbocycles. The van der Waals surface area contributed by atoms with Crippen LogP contribution in [0.5, 0.6) is 0 Å². The summed E-state index contributed by atoms with van der Waals surface area (Å²) in [6.45, 7) is 0. The van der Waals surface area contributed by atoms with E-state index in [1.165, 1.54) is 99.3 Å². The summed E-state index contributed by atoms with van der Waals surface area (Å²) in [6.07, 6.45) is 2.03. The first kappa shape index (κ1) is 34.9. The van der Waals surface area contributed by atoms with Crippen LogP contribution in [0.1, 0.15) is 29.0 Å². The molecule has 0 spiro atoms. The van der Waals surface area contributed by atoms with Crippen molar-refractivity contribution in [3.8, 4) is 39.4 Å². The standard InChI is InChI=1S/C59H41N3/c1-4-18-39(19-5-1)43-36-37-48-45-24-10-13-29-52(45)62(41-22-8-3-9-23-41)59(48)51-38-42(34-35-44(43)51)61-54-31-15-12-26-50(54)58-47(28-17-33-56(58)61)46-27-16-32-55-57(46)49-25-11-14-30-53(49)60(55)40-20-6-2-7-21-40/h1-35,38,43H,36-37H2. The van der Waals surface area contributed by atoms with Gasteiger partial charge in [-0.2, -0.15) is 0 Å². The van der Waals surface area contributed by atoms with Gasteiger partial charge < -0.3 is 13.7 Å². The Balaban J connectivity index is 1.09. The normalized spacial score (nSPS) is 13.8. The van der Waals surface area contributed by atoms with Gasteiger partial charge in [0.2, 0.25) is 0 Å². The van der Waals surface area contributed by atoms with E-state index in [0.29, 0.717) is 0 Å². The van der Waals surface area contributed by atoms with Crippen molar-refractivity contribution in [2.45, 2.75) is 18.8 Å². The summed E-state index contributed by atoms with van der Waals surface area (Å²) in [5.74, 6) is 0.263. The van der Waals surface area contributed by atoms with Crippen LogP contribution in [-0.2, 0) is 6.42 Å². The fourth-order valence-electron chi connectivity index (χ4n) is 11.0. The van der Waals surface area contributed by atoms with Crippen molar-refractivity contribution in [2.75, 3.05) is 0 Å². The van der Waals surface area contributed by atoms with Crippen LogP contribution in [-0.4, -0.2) is 13.7 Å². The molecule has 0 saturated heterocycles. The zero-order valence-corrected chi connectivity index (χ0v) is 34.1. The van der Waals surface area contributed by atoms with Crippen molar-refractivity contribution >= 4 is 54.5 Å². The van der Waals surface area contributed by atoms with Gasteiger partial charge in [-0.15, -0.1) is 0 Å². The Labute approximate surface area is 360 Å². The minimum Gasteiger partial charge on any atom is -0.309 e. The van der Waals surface area contributed by atoms with E-state index in [-0.39, 0.29) is 5.92 Å². The highest BCUT2D eigenvalue weighted by molar-refractivity contribution is 6.22. The summed E-state index contributed by atoms with van der Waals surface area (Å²) in [6, 6.07) is 80.7. The number of benzene rings is 9. The Hall–Kier alpha value is -7.88. The first-order chi connectivity index (χ1) is 30.8. The summed E-state index contributed by atoms with van der Waals surface area (Å²) in [7, 11) is 0. The van der Waals surface area contributed by atoms with E-state index in [2.05, 4.69) is 232 Å². The molecular formula is C59H41N3. The van der Waals surface area contributed by atoms with Crippen LogP contribution in [0.15, 0.2) is 218 Å². The second-order valence-corrected chi connectivity index (χ2v) is 16.7. The van der Waals surface area contributed by atoms with Crippen molar-refractivity contribution in [2.24, 2.45) is 0 Å². The lowest BCUT2D eigenvalue weighted by molar-refractivity contribution is 0.728. The number of aryl methyl sites for hydroxylation is 1. The van der Waals surface area contributed by atoms with Crippen LogP contribution in [0.2, 0.25) is 0 Å². The van der Waals surface area contributed by atoms with E-state index in [0.717, 1.165) is 24.2 Å². The molecule has 0 radical (unpaired) electrons. The minimum atomic E-state index is 0.263. The third-order valence-corrected chi connectivity index (χ3v) is 13.5. The summed E-state index contributed by atoms with van der Waals surface area (Å²) in [4.78, 5) is 0. The van der Waals surface area contributed by atoms with E-state index in [4.69, 9.17) is 0 Å². The molecule has 1 unspecified atom stereocenters. The fraction of sp³-hybridized carbons (Fsp3) is 0.0508. The molecule has 62 heavy (non-hydrogen) atoms. The highest BCUT2D eigenvalue weighted by Crippen LogP contribution is 2.48. The highest BCUT2D eigenvalue weighted by Gasteiger charge is 2.30. The topological polar surface area (TPSA) is 14.8 Å². The third kappa shape index (κ3) is 5.12. The van der Waals surface area contributed by atoms with Gasteiger partial charge in [0, 0.05) is 55.5 Å². The Morgan fingerprint density at radius 3 is 1.40 bits per heavy atom. The molecule has 1 atom stereocenters. The maximum absolute atomic E-state index is 2.52.